The zero-order chi connectivity index (χ0) is 16.7. The van der Waals surface area contributed by atoms with E-state index in [1.165, 1.54) is 16.2 Å². The van der Waals surface area contributed by atoms with E-state index in [-0.39, 0.29) is 6.10 Å². The Labute approximate surface area is 135 Å². The third-order valence-corrected chi connectivity index (χ3v) is 4.30. The maximum Gasteiger partial charge on any atom is 0.413 e. The van der Waals surface area contributed by atoms with Gasteiger partial charge in [-0.05, 0) is 41.5 Å². The molecule has 1 amide bonds. The minimum absolute atomic E-state index is 0.332. The number of aliphatic hydroxyl groups is 1. The molecule has 0 bridgehead atoms. The molecule has 3 atom stereocenters. The number of nitrogens with zero attached hydrogens (tertiary/aromatic N) is 2. The van der Waals surface area contributed by atoms with Crippen LogP contribution in [0.25, 0.3) is 0 Å². The number of carbonyl (C=O) groups excluding carboxylic acids is 1. The summed E-state index contributed by atoms with van der Waals surface area (Å²) in [5, 5.41) is 13.0. The lowest BCUT2D eigenvalue weighted by Crippen LogP contribution is -2.52. The molecule has 0 radical (unpaired) electrons. The molecule has 1 aliphatic heterocycles. The molecule has 1 aromatic heterocycles. The predicted octanol–water partition coefficient (Wildman–Crippen LogP) is 2.94. The molecule has 0 spiro atoms. The van der Waals surface area contributed by atoms with Crippen LogP contribution in [0.4, 0.5) is 4.79 Å². The van der Waals surface area contributed by atoms with Gasteiger partial charge in [0.15, 0.2) is 0 Å². The van der Waals surface area contributed by atoms with E-state index in [4.69, 9.17) is 9.47 Å². The Hall–Kier alpha value is -1.18. The van der Waals surface area contributed by atoms with Crippen LogP contribution in [0, 0.1) is 0 Å². The Balaban J connectivity index is 2.31. The van der Waals surface area contributed by atoms with E-state index in [1.54, 1.807) is 25.4 Å². The number of aliphatic hydroxyl groups excluding tert-OH is 1. The van der Waals surface area contributed by atoms with Gasteiger partial charge in [0.1, 0.15) is 22.4 Å². The standard InChI is InChI=1S/C15H24N2O4S/c1-9-10(11(18)12-16-7-8-22-12)17(15(5,6)20-9)13(19)21-14(2,3)4/h7-11,18H,1-6H3/t9-,10+,11-/m1/s1. The Morgan fingerprint density at radius 3 is 2.68 bits per heavy atom. The smallest absolute Gasteiger partial charge is 0.413 e. The van der Waals surface area contributed by atoms with Gasteiger partial charge in [-0.25, -0.2) is 9.78 Å². The number of ether oxygens (including phenoxy) is 2. The fraction of sp³-hybridized carbons (Fsp3) is 0.733. The molecule has 1 aromatic rings. The number of thiazole rings is 1. The van der Waals surface area contributed by atoms with Gasteiger partial charge >= 0.3 is 6.09 Å². The van der Waals surface area contributed by atoms with E-state index in [9.17, 15) is 9.90 Å². The average molecular weight is 328 g/mol. The van der Waals surface area contributed by atoms with Crippen LogP contribution >= 0.6 is 11.3 Å². The fourth-order valence-electron chi connectivity index (χ4n) is 2.73. The van der Waals surface area contributed by atoms with Gasteiger partial charge in [0, 0.05) is 11.6 Å². The summed E-state index contributed by atoms with van der Waals surface area (Å²) in [6, 6.07) is -0.545. The van der Waals surface area contributed by atoms with Gasteiger partial charge in [0.25, 0.3) is 0 Å². The van der Waals surface area contributed by atoms with Crippen molar-refractivity contribution in [3.05, 3.63) is 16.6 Å². The van der Waals surface area contributed by atoms with Crippen molar-refractivity contribution in [2.75, 3.05) is 0 Å². The highest BCUT2D eigenvalue weighted by Gasteiger charge is 2.53. The van der Waals surface area contributed by atoms with Crippen molar-refractivity contribution in [2.24, 2.45) is 0 Å². The first-order valence-corrected chi connectivity index (χ1v) is 8.18. The second-order valence-corrected chi connectivity index (χ2v) is 7.85. The highest BCUT2D eigenvalue weighted by Crippen LogP contribution is 2.39. The van der Waals surface area contributed by atoms with Gasteiger partial charge in [-0.2, -0.15) is 0 Å². The van der Waals surface area contributed by atoms with Gasteiger partial charge in [0.05, 0.1) is 12.1 Å². The maximum atomic E-state index is 12.6. The minimum atomic E-state index is -0.913. The summed E-state index contributed by atoms with van der Waals surface area (Å²) in [5.74, 6) is 0. The third kappa shape index (κ3) is 3.42. The maximum absolute atomic E-state index is 12.6. The highest BCUT2D eigenvalue weighted by molar-refractivity contribution is 7.09. The minimum Gasteiger partial charge on any atom is -0.444 e. The molecule has 124 valence electrons. The largest absolute Gasteiger partial charge is 0.444 e. The van der Waals surface area contributed by atoms with Gasteiger partial charge in [-0.1, -0.05) is 0 Å². The lowest BCUT2D eigenvalue weighted by atomic mass is 10.1. The van der Waals surface area contributed by atoms with Crippen LogP contribution in [0.5, 0.6) is 0 Å². The van der Waals surface area contributed by atoms with E-state index >= 15 is 0 Å². The Morgan fingerprint density at radius 1 is 1.55 bits per heavy atom. The molecule has 2 rings (SSSR count). The Morgan fingerprint density at radius 2 is 2.18 bits per heavy atom. The van der Waals surface area contributed by atoms with E-state index in [1.807, 2.05) is 27.7 Å². The SMILES string of the molecule is C[C@H]1OC(C)(C)N(C(=O)OC(C)(C)C)[C@@H]1[C@@H](O)c1nccs1. The molecular weight excluding hydrogens is 304 g/mol. The molecule has 6 nitrogen and oxygen atoms in total. The summed E-state index contributed by atoms with van der Waals surface area (Å²) >= 11 is 1.35. The summed E-state index contributed by atoms with van der Waals surface area (Å²) in [5.41, 5.74) is -1.47. The van der Waals surface area contributed by atoms with Crippen LogP contribution in [-0.2, 0) is 9.47 Å². The first-order valence-electron chi connectivity index (χ1n) is 7.30. The molecule has 1 N–H and O–H groups in total. The zero-order valence-electron chi connectivity index (χ0n) is 13.9. The van der Waals surface area contributed by atoms with Crippen molar-refractivity contribution in [2.45, 2.75) is 71.1 Å². The van der Waals surface area contributed by atoms with Crippen LogP contribution < -0.4 is 0 Å². The summed E-state index contributed by atoms with van der Waals surface area (Å²) in [6.07, 6.45) is -0.111. The molecule has 1 fully saturated rings. The Kier molecular flexibility index (Phi) is 4.52. The lowest BCUT2D eigenvalue weighted by Gasteiger charge is -2.36. The van der Waals surface area contributed by atoms with Crippen LogP contribution in [0.1, 0.15) is 52.7 Å². The van der Waals surface area contributed by atoms with E-state index in [2.05, 4.69) is 4.98 Å². The summed E-state index contributed by atoms with van der Waals surface area (Å²) in [6.45, 7) is 10.9. The molecule has 22 heavy (non-hydrogen) atoms. The van der Waals surface area contributed by atoms with Gasteiger partial charge in [-0.3, -0.25) is 4.90 Å². The monoisotopic (exact) mass is 328 g/mol. The number of hydrogen-bond acceptors (Lipinski definition) is 6. The van der Waals surface area contributed by atoms with Crippen molar-refractivity contribution in [3.8, 4) is 0 Å². The average Bonchev–Trinajstić information content (AvgIpc) is 2.91. The highest BCUT2D eigenvalue weighted by atomic mass is 32.1. The Bertz CT molecular complexity index is 524. The predicted molar refractivity (Wildman–Crippen MR) is 83.6 cm³/mol. The number of aromatic nitrogens is 1. The molecule has 7 heteroatoms. The summed E-state index contributed by atoms with van der Waals surface area (Å²) < 4.78 is 11.4. The summed E-state index contributed by atoms with van der Waals surface area (Å²) in [7, 11) is 0. The van der Waals surface area contributed by atoms with Crippen LogP contribution in [0.3, 0.4) is 0 Å². The molecular formula is C15H24N2O4S. The molecule has 0 saturated carbocycles. The zero-order valence-corrected chi connectivity index (χ0v) is 14.7. The van der Waals surface area contributed by atoms with Gasteiger partial charge in [0.2, 0.25) is 0 Å². The molecule has 1 aliphatic rings. The fourth-order valence-corrected chi connectivity index (χ4v) is 3.39. The van der Waals surface area contributed by atoms with E-state index in [0.29, 0.717) is 5.01 Å². The van der Waals surface area contributed by atoms with E-state index in [0.717, 1.165) is 0 Å². The molecule has 0 aliphatic carbocycles. The molecule has 2 heterocycles. The number of carbonyl (C=O) groups is 1. The van der Waals surface area contributed by atoms with Gasteiger partial charge < -0.3 is 14.6 Å². The first kappa shape index (κ1) is 17.2. The van der Waals surface area contributed by atoms with Crippen molar-refractivity contribution >= 4 is 17.4 Å². The van der Waals surface area contributed by atoms with Crippen molar-refractivity contribution in [1.29, 1.82) is 0 Å². The van der Waals surface area contributed by atoms with Crippen LogP contribution in [0.15, 0.2) is 11.6 Å². The number of rotatable bonds is 2. The van der Waals surface area contributed by atoms with Crippen molar-refractivity contribution < 1.29 is 19.4 Å². The normalized spacial score (nSPS) is 26.0. The number of amides is 1. The number of hydrogen-bond donors (Lipinski definition) is 1. The second-order valence-electron chi connectivity index (χ2n) is 6.93. The van der Waals surface area contributed by atoms with Gasteiger partial charge in [-0.15, -0.1) is 11.3 Å². The quantitative estimate of drug-likeness (QED) is 0.904. The van der Waals surface area contributed by atoms with Crippen LogP contribution in [0.2, 0.25) is 0 Å². The van der Waals surface area contributed by atoms with Crippen LogP contribution in [-0.4, -0.2) is 44.6 Å². The molecule has 0 unspecified atom stereocenters. The summed E-state index contributed by atoms with van der Waals surface area (Å²) in [4.78, 5) is 18.2. The third-order valence-electron chi connectivity index (χ3n) is 3.45. The topological polar surface area (TPSA) is 71.9 Å². The lowest BCUT2D eigenvalue weighted by molar-refractivity contribution is -0.0775. The first-order chi connectivity index (χ1) is 10.0. The van der Waals surface area contributed by atoms with E-state index < -0.39 is 29.6 Å². The van der Waals surface area contributed by atoms with Crippen molar-refractivity contribution in [1.82, 2.24) is 9.88 Å². The van der Waals surface area contributed by atoms with Crippen molar-refractivity contribution in [3.63, 3.8) is 0 Å². The second kappa shape index (κ2) is 5.79. The molecule has 1 saturated heterocycles. The molecule has 0 aromatic carbocycles.